The Bertz CT molecular complexity index is 616. The highest BCUT2D eigenvalue weighted by Gasteiger charge is 2.10. The van der Waals surface area contributed by atoms with E-state index in [1.54, 1.807) is 24.4 Å². The van der Waals surface area contributed by atoms with Gasteiger partial charge in [0, 0.05) is 11.0 Å². The Morgan fingerprint density at radius 2 is 2.15 bits per heavy atom. The number of rotatable bonds is 4. The van der Waals surface area contributed by atoms with Crippen LogP contribution in [0.1, 0.15) is 17.4 Å². The fourth-order valence-electron chi connectivity index (χ4n) is 1.61. The van der Waals surface area contributed by atoms with Crippen molar-refractivity contribution < 1.29 is 4.79 Å². The highest BCUT2D eigenvalue weighted by atomic mass is 79.9. The van der Waals surface area contributed by atoms with Gasteiger partial charge < -0.3 is 10.6 Å². The number of halogens is 2. The summed E-state index contributed by atoms with van der Waals surface area (Å²) in [6.45, 7) is 2.80. The van der Waals surface area contributed by atoms with Crippen LogP contribution in [0.5, 0.6) is 0 Å². The zero-order valence-corrected chi connectivity index (χ0v) is 13.1. The molecule has 0 spiro atoms. The fraction of sp³-hybridized carbons (Fsp3) is 0.143. The number of hydrogen-bond acceptors (Lipinski definition) is 3. The monoisotopic (exact) mass is 353 g/mol. The third-order valence-electron chi connectivity index (χ3n) is 2.56. The molecule has 0 aliphatic heterocycles. The van der Waals surface area contributed by atoms with Crippen LogP contribution in [0.2, 0.25) is 5.02 Å². The molecule has 0 aliphatic rings. The number of hydrogen-bond donors (Lipinski definition) is 2. The molecule has 1 heterocycles. The molecule has 0 unspecified atom stereocenters. The van der Waals surface area contributed by atoms with Crippen molar-refractivity contribution in [3.8, 4) is 0 Å². The van der Waals surface area contributed by atoms with E-state index in [0.717, 1.165) is 16.7 Å². The maximum absolute atomic E-state index is 12.1. The number of nitrogens with zero attached hydrogens (tertiary/aromatic N) is 1. The maximum atomic E-state index is 12.1. The van der Waals surface area contributed by atoms with E-state index in [0.29, 0.717) is 16.4 Å². The van der Waals surface area contributed by atoms with Crippen LogP contribution in [-0.2, 0) is 0 Å². The molecule has 2 N–H and O–H groups in total. The second-order valence-corrected chi connectivity index (χ2v) is 5.36. The van der Waals surface area contributed by atoms with E-state index >= 15 is 0 Å². The molecule has 2 rings (SSSR count). The van der Waals surface area contributed by atoms with Gasteiger partial charge in [0.1, 0.15) is 5.69 Å². The van der Waals surface area contributed by atoms with Crippen LogP contribution in [0.15, 0.2) is 41.0 Å². The van der Waals surface area contributed by atoms with Crippen LogP contribution in [0.3, 0.4) is 0 Å². The van der Waals surface area contributed by atoms with Gasteiger partial charge in [-0.15, -0.1) is 0 Å². The third-order valence-corrected chi connectivity index (χ3v) is 3.36. The Morgan fingerprint density at radius 3 is 2.75 bits per heavy atom. The van der Waals surface area contributed by atoms with Gasteiger partial charge in [0.2, 0.25) is 0 Å². The number of aromatic nitrogens is 1. The summed E-state index contributed by atoms with van der Waals surface area (Å²) in [5.74, 6) is -0.294. The highest BCUT2D eigenvalue weighted by molar-refractivity contribution is 9.10. The molecule has 6 heteroatoms. The molecule has 1 aromatic heterocycles. The van der Waals surface area contributed by atoms with Crippen LogP contribution in [0.4, 0.5) is 11.4 Å². The molecule has 1 aromatic carbocycles. The molecule has 0 saturated carbocycles. The van der Waals surface area contributed by atoms with Crippen LogP contribution in [-0.4, -0.2) is 17.4 Å². The summed E-state index contributed by atoms with van der Waals surface area (Å²) in [4.78, 5) is 16.2. The van der Waals surface area contributed by atoms with Gasteiger partial charge >= 0.3 is 0 Å². The van der Waals surface area contributed by atoms with E-state index in [1.807, 2.05) is 19.1 Å². The Hall–Kier alpha value is -1.59. The van der Waals surface area contributed by atoms with Crippen molar-refractivity contribution in [2.45, 2.75) is 6.92 Å². The topological polar surface area (TPSA) is 54.0 Å². The second-order valence-electron chi connectivity index (χ2n) is 4.04. The number of carbonyl (C=O) groups is 1. The zero-order chi connectivity index (χ0) is 14.5. The molecule has 0 aliphatic carbocycles. The van der Waals surface area contributed by atoms with Crippen molar-refractivity contribution in [1.29, 1.82) is 0 Å². The number of amides is 1. The van der Waals surface area contributed by atoms with Gasteiger partial charge in [0.25, 0.3) is 5.91 Å². The first-order valence-corrected chi connectivity index (χ1v) is 7.23. The Labute approximate surface area is 130 Å². The average molecular weight is 355 g/mol. The van der Waals surface area contributed by atoms with Crippen molar-refractivity contribution in [1.82, 2.24) is 4.98 Å². The fourth-order valence-corrected chi connectivity index (χ4v) is 2.33. The normalized spacial score (nSPS) is 10.2. The van der Waals surface area contributed by atoms with Gasteiger partial charge in [-0.1, -0.05) is 27.5 Å². The van der Waals surface area contributed by atoms with Gasteiger partial charge in [-0.05, 0) is 37.3 Å². The molecule has 0 bridgehead atoms. The summed E-state index contributed by atoms with van der Waals surface area (Å²) >= 11 is 9.37. The summed E-state index contributed by atoms with van der Waals surface area (Å²) in [5, 5.41) is 6.32. The lowest BCUT2D eigenvalue weighted by atomic mass is 10.3. The minimum Gasteiger partial charge on any atom is -0.384 e. The van der Waals surface area contributed by atoms with E-state index in [-0.39, 0.29) is 5.91 Å². The van der Waals surface area contributed by atoms with E-state index in [2.05, 4.69) is 31.5 Å². The van der Waals surface area contributed by atoms with Gasteiger partial charge in [-0.25, -0.2) is 4.98 Å². The molecule has 2 aromatic rings. The SMILES string of the molecule is CCNc1ccc(C(=O)Nc2ccc(Br)cc2Cl)nc1. The van der Waals surface area contributed by atoms with Crippen molar-refractivity contribution in [2.75, 3.05) is 17.2 Å². The number of benzene rings is 1. The molecule has 0 saturated heterocycles. The second kappa shape index (κ2) is 6.72. The Balaban J connectivity index is 2.11. The van der Waals surface area contributed by atoms with Crippen LogP contribution in [0.25, 0.3) is 0 Å². The average Bonchev–Trinajstić information content (AvgIpc) is 2.43. The van der Waals surface area contributed by atoms with Crippen molar-refractivity contribution in [3.63, 3.8) is 0 Å². The maximum Gasteiger partial charge on any atom is 0.274 e. The smallest absolute Gasteiger partial charge is 0.274 e. The molecule has 4 nitrogen and oxygen atoms in total. The van der Waals surface area contributed by atoms with Crippen LogP contribution < -0.4 is 10.6 Å². The molecule has 104 valence electrons. The quantitative estimate of drug-likeness (QED) is 0.866. The van der Waals surface area contributed by atoms with Gasteiger partial charge in [0.05, 0.1) is 22.6 Å². The van der Waals surface area contributed by atoms with Crippen molar-refractivity contribution in [2.24, 2.45) is 0 Å². The minimum atomic E-state index is -0.294. The predicted molar refractivity (Wildman–Crippen MR) is 85.5 cm³/mol. The molecule has 0 fully saturated rings. The third kappa shape index (κ3) is 3.71. The van der Waals surface area contributed by atoms with E-state index < -0.39 is 0 Å². The number of anilines is 2. The molecule has 1 amide bonds. The summed E-state index contributed by atoms with van der Waals surface area (Å²) in [6.07, 6.45) is 1.63. The molecule has 0 radical (unpaired) electrons. The van der Waals surface area contributed by atoms with E-state index in [4.69, 9.17) is 11.6 Å². The standard InChI is InChI=1S/C14H13BrClN3O/c1-2-17-10-4-6-13(18-8-10)14(20)19-12-5-3-9(15)7-11(12)16/h3-8,17H,2H2,1H3,(H,19,20). The first-order chi connectivity index (χ1) is 9.60. The van der Waals surface area contributed by atoms with E-state index in [1.165, 1.54) is 0 Å². The number of carbonyl (C=O) groups excluding carboxylic acids is 1. The minimum absolute atomic E-state index is 0.294. The molecule has 20 heavy (non-hydrogen) atoms. The van der Waals surface area contributed by atoms with Gasteiger partial charge in [-0.2, -0.15) is 0 Å². The Kier molecular flexibility index (Phi) is 4.98. The zero-order valence-electron chi connectivity index (χ0n) is 10.8. The summed E-state index contributed by atoms with van der Waals surface area (Å²) in [7, 11) is 0. The van der Waals surface area contributed by atoms with Crippen molar-refractivity contribution in [3.05, 3.63) is 51.7 Å². The number of pyridine rings is 1. The first kappa shape index (κ1) is 14.8. The van der Waals surface area contributed by atoms with Gasteiger partial charge in [0.15, 0.2) is 0 Å². The van der Waals surface area contributed by atoms with Crippen LogP contribution in [0, 0.1) is 0 Å². The molecular formula is C14H13BrClN3O. The first-order valence-electron chi connectivity index (χ1n) is 6.06. The lowest BCUT2D eigenvalue weighted by Gasteiger charge is -2.08. The van der Waals surface area contributed by atoms with Crippen molar-refractivity contribution >= 4 is 44.8 Å². The largest absolute Gasteiger partial charge is 0.384 e. The number of nitrogens with one attached hydrogen (secondary N) is 2. The van der Waals surface area contributed by atoms with Crippen LogP contribution >= 0.6 is 27.5 Å². The highest BCUT2D eigenvalue weighted by Crippen LogP contribution is 2.25. The summed E-state index contributed by atoms with van der Waals surface area (Å²) in [5.41, 5.74) is 1.77. The van der Waals surface area contributed by atoms with E-state index in [9.17, 15) is 4.79 Å². The lowest BCUT2D eigenvalue weighted by Crippen LogP contribution is -2.14. The Morgan fingerprint density at radius 1 is 1.35 bits per heavy atom. The van der Waals surface area contributed by atoms with Gasteiger partial charge in [-0.3, -0.25) is 4.79 Å². The lowest BCUT2D eigenvalue weighted by molar-refractivity contribution is 0.102. The molecule has 0 atom stereocenters. The molecular weight excluding hydrogens is 342 g/mol. The predicted octanol–water partition coefficient (Wildman–Crippen LogP) is 4.18. The summed E-state index contributed by atoms with van der Waals surface area (Å²) < 4.78 is 0.855. The summed E-state index contributed by atoms with van der Waals surface area (Å²) in [6, 6.07) is 8.74.